The summed E-state index contributed by atoms with van der Waals surface area (Å²) in [5, 5.41) is 0.906. The van der Waals surface area contributed by atoms with Crippen molar-refractivity contribution in [3.8, 4) is 0 Å². The second-order valence-corrected chi connectivity index (χ2v) is 4.23. The minimum absolute atomic E-state index is 0.00407. The molecule has 3 nitrogen and oxygen atoms in total. The lowest BCUT2D eigenvalue weighted by atomic mass is 10.2. The third kappa shape index (κ3) is 3.97. The quantitative estimate of drug-likeness (QED) is 0.849. The van der Waals surface area contributed by atoms with E-state index in [1.165, 1.54) is 0 Å². The Balaban J connectivity index is 1.87. The normalized spacial score (nSPS) is 13.9. The van der Waals surface area contributed by atoms with E-state index in [-0.39, 0.29) is 6.61 Å². The second-order valence-electron chi connectivity index (χ2n) is 4.23. The van der Waals surface area contributed by atoms with Crippen molar-refractivity contribution < 1.29 is 22.3 Å². The van der Waals surface area contributed by atoms with Gasteiger partial charge in [-0.1, -0.05) is 18.2 Å². The highest BCUT2D eigenvalue weighted by Crippen LogP contribution is 2.23. The molecule has 104 valence electrons. The number of benzene rings is 1. The number of halogens is 3. The van der Waals surface area contributed by atoms with Gasteiger partial charge in [-0.25, -0.2) is 0 Å². The first-order valence-corrected chi connectivity index (χ1v) is 5.84. The van der Waals surface area contributed by atoms with Crippen LogP contribution in [0.1, 0.15) is 18.2 Å². The molecule has 0 bridgehead atoms. The highest BCUT2D eigenvalue weighted by Gasteiger charge is 2.26. The lowest BCUT2D eigenvalue weighted by Crippen LogP contribution is -2.19. The first-order valence-electron chi connectivity index (χ1n) is 5.84. The Morgan fingerprint density at radius 3 is 2.68 bits per heavy atom. The minimum atomic E-state index is -4.20. The van der Waals surface area contributed by atoms with Crippen molar-refractivity contribution >= 4 is 11.0 Å². The van der Waals surface area contributed by atoms with Crippen molar-refractivity contribution in [2.45, 2.75) is 18.6 Å². The minimum Gasteiger partial charge on any atom is -0.459 e. The van der Waals surface area contributed by atoms with Crippen LogP contribution in [0.5, 0.6) is 0 Å². The summed E-state index contributed by atoms with van der Waals surface area (Å²) in [5.74, 6) is 0.508. The molecule has 0 aliphatic carbocycles. The highest BCUT2D eigenvalue weighted by molar-refractivity contribution is 5.77. The van der Waals surface area contributed by atoms with Gasteiger partial charge < -0.3 is 14.9 Å². The molecule has 19 heavy (non-hydrogen) atoms. The summed E-state index contributed by atoms with van der Waals surface area (Å²) >= 11 is 0. The van der Waals surface area contributed by atoms with Crippen molar-refractivity contribution in [3.63, 3.8) is 0 Å². The van der Waals surface area contributed by atoms with Gasteiger partial charge in [0, 0.05) is 5.39 Å². The average Bonchev–Trinajstić information content (AvgIpc) is 2.77. The van der Waals surface area contributed by atoms with Gasteiger partial charge in [-0.3, -0.25) is 0 Å². The number of hydrogen-bond acceptors (Lipinski definition) is 3. The van der Waals surface area contributed by atoms with E-state index in [0.29, 0.717) is 11.3 Å². The van der Waals surface area contributed by atoms with Crippen LogP contribution < -0.4 is 5.73 Å². The Labute approximate surface area is 108 Å². The summed E-state index contributed by atoms with van der Waals surface area (Å²) in [4.78, 5) is 0. The van der Waals surface area contributed by atoms with Crippen LogP contribution in [0.4, 0.5) is 13.2 Å². The average molecular weight is 273 g/mol. The van der Waals surface area contributed by atoms with Crippen molar-refractivity contribution in [1.29, 1.82) is 0 Å². The molecule has 1 heterocycles. The summed E-state index contributed by atoms with van der Waals surface area (Å²) in [6.45, 7) is -0.396. The molecule has 0 saturated heterocycles. The molecule has 0 spiro atoms. The van der Waals surface area contributed by atoms with Crippen molar-refractivity contribution in [2.75, 3.05) is 13.2 Å². The molecule has 2 N–H and O–H groups in total. The number of fused-ring (bicyclic) bond motifs is 1. The Hall–Kier alpha value is -1.53. The number of alkyl halides is 3. The zero-order valence-electron chi connectivity index (χ0n) is 10.1. The standard InChI is InChI=1S/C13H14F3NO2/c14-13(15,16)5-6-18-8-10(17)12-7-9-3-1-2-4-11(9)19-12/h1-4,7,10H,5-6,8,17H2. The fraction of sp³-hybridized carbons (Fsp3) is 0.385. The van der Waals surface area contributed by atoms with Crippen LogP contribution in [0.25, 0.3) is 11.0 Å². The van der Waals surface area contributed by atoms with Gasteiger partial charge in [-0.15, -0.1) is 0 Å². The van der Waals surface area contributed by atoms with E-state index < -0.39 is 25.2 Å². The Morgan fingerprint density at radius 2 is 2.00 bits per heavy atom. The maximum Gasteiger partial charge on any atom is 0.391 e. The highest BCUT2D eigenvalue weighted by atomic mass is 19.4. The van der Waals surface area contributed by atoms with E-state index in [1.807, 2.05) is 18.2 Å². The van der Waals surface area contributed by atoms with Gasteiger partial charge in [0.25, 0.3) is 0 Å². The topological polar surface area (TPSA) is 48.4 Å². The van der Waals surface area contributed by atoms with E-state index >= 15 is 0 Å². The van der Waals surface area contributed by atoms with Gasteiger partial charge in [0.1, 0.15) is 11.3 Å². The molecule has 0 aliphatic heterocycles. The summed E-state index contributed by atoms with van der Waals surface area (Å²) in [6, 6.07) is 8.58. The van der Waals surface area contributed by atoms with Crippen LogP contribution >= 0.6 is 0 Å². The Bertz CT molecular complexity index is 503. The number of furan rings is 1. The molecule has 0 aliphatic rings. The third-order valence-corrected chi connectivity index (χ3v) is 2.64. The number of hydrogen-bond donors (Lipinski definition) is 1. The summed E-state index contributed by atoms with van der Waals surface area (Å²) < 4.78 is 46.2. The van der Waals surface area contributed by atoms with Gasteiger partial charge >= 0.3 is 6.18 Å². The molecule has 1 aromatic carbocycles. The first kappa shape index (κ1) is 13.9. The first-order chi connectivity index (χ1) is 8.96. The SMILES string of the molecule is NC(COCCC(F)(F)F)c1cc2ccccc2o1. The maximum absolute atomic E-state index is 11.9. The van der Waals surface area contributed by atoms with Gasteiger partial charge in [0.05, 0.1) is 25.7 Å². The lowest BCUT2D eigenvalue weighted by Gasteiger charge is -2.10. The molecule has 2 rings (SSSR count). The van der Waals surface area contributed by atoms with E-state index in [2.05, 4.69) is 0 Å². The molecular weight excluding hydrogens is 259 g/mol. The zero-order chi connectivity index (χ0) is 13.9. The summed E-state index contributed by atoms with van der Waals surface area (Å²) in [5.41, 5.74) is 6.51. The summed E-state index contributed by atoms with van der Waals surface area (Å²) in [6.07, 6.45) is -5.18. The van der Waals surface area contributed by atoms with Crippen LogP contribution in [-0.4, -0.2) is 19.4 Å². The Kier molecular flexibility index (Phi) is 4.11. The van der Waals surface area contributed by atoms with Crippen molar-refractivity contribution in [3.05, 3.63) is 36.1 Å². The molecule has 2 aromatic rings. The van der Waals surface area contributed by atoms with Gasteiger partial charge in [-0.2, -0.15) is 13.2 Å². The van der Waals surface area contributed by atoms with Crippen LogP contribution in [0.3, 0.4) is 0 Å². The van der Waals surface area contributed by atoms with Gasteiger partial charge in [0.2, 0.25) is 0 Å². The molecule has 1 atom stereocenters. The van der Waals surface area contributed by atoms with Gasteiger partial charge in [-0.05, 0) is 12.1 Å². The van der Waals surface area contributed by atoms with Crippen LogP contribution in [-0.2, 0) is 4.74 Å². The largest absolute Gasteiger partial charge is 0.459 e. The fourth-order valence-electron chi connectivity index (χ4n) is 1.67. The molecule has 1 unspecified atom stereocenters. The van der Waals surface area contributed by atoms with E-state index in [9.17, 15) is 13.2 Å². The second kappa shape index (κ2) is 5.63. The molecule has 1 aromatic heterocycles. The van der Waals surface area contributed by atoms with Crippen LogP contribution in [0.2, 0.25) is 0 Å². The number of ether oxygens (including phenoxy) is 1. The van der Waals surface area contributed by atoms with E-state index in [4.69, 9.17) is 14.9 Å². The maximum atomic E-state index is 11.9. The monoisotopic (exact) mass is 273 g/mol. The molecule has 6 heteroatoms. The van der Waals surface area contributed by atoms with Gasteiger partial charge in [0.15, 0.2) is 0 Å². The Morgan fingerprint density at radius 1 is 1.26 bits per heavy atom. The molecule has 0 radical (unpaired) electrons. The molecule has 0 saturated carbocycles. The smallest absolute Gasteiger partial charge is 0.391 e. The molecule has 0 amide bonds. The van der Waals surface area contributed by atoms with Crippen LogP contribution in [0, 0.1) is 0 Å². The zero-order valence-corrected chi connectivity index (χ0v) is 10.1. The molecule has 0 fully saturated rings. The number of nitrogens with two attached hydrogens (primary N) is 1. The molecular formula is C13H14F3NO2. The van der Waals surface area contributed by atoms with Crippen molar-refractivity contribution in [2.24, 2.45) is 5.73 Å². The van der Waals surface area contributed by atoms with E-state index in [1.54, 1.807) is 12.1 Å². The van der Waals surface area contributed by atoms with Crippen LogP contribution in [0.15, 0.2) is 34.7 Å². The number of para-hydroxylation sites is 1. The predicted molar refractivity (Wildman–Crippen MR) is 64.6 cm³/mol. The third-order valence-electron chi connectivity index (χ3n) is 2.64. The fourth-order valence-corrected chi connectivity index (χ4v) is 1.67. The predicted octanol–water partition coefficient (Wildman–Crippen LogP) is 3.40. The van der Waals surface area contributed by atoms with Crippen molar-refractivity contribution in [1.82, 2.24) is 0 Å². The van der Waals surface area contributed by atoms with E-state index in [0.717, 1.165) is 5.39 Å². The lowest BCUT2D eigenvalue weighted by molar-refractivity contribution is -0.145. The summed E-state index contributed by atoms with van der Waals surface area (Å²) in [7, 11) is 0. The number of rotatable bonds is 5.